The molecule has 1 rings (SSSR count). The highest BCUT2D eigenvalue weighted by atomic mass is 32.2. The van der Waals surface area contributed by atoms with Gasteiger partial charge in [-0.2, -0.15) is 13.2 Å². The van der Waals surface area contributed by atoms with E-state index in [2.05, 4.69) is 0 Å². The van der Waals surface area contributed by atoms with E-state index in [1.54, 1.807) is 24.3 Å². The molecule has 0 aliphatic heterocycles. The van der Waals surface area contributed by atoms with Gasteiger partial charge in [0.15, 0.2) is 0 Å². The Morgan fingerprint density at radius 3 is 2.20 bits per heavy atom. The highest BCUT2D eigenvalue weighted by Crippen LogP contribution is 2.28. The summed E-state index contributed by atoms with van der Waals surface area (Å²) in [5, 5.41) is 0. The number of nitrogens with two attached hydrogens (primary N) is 1. The molecule has 0 aliphatic carbocycles. The van der Waals surface area contributed by atoms with Crippen molar-refractivity contribution in [3.8, 4) is 0 Å². The average molecular weight is 235 g/mol. The van der Waals surface area contributed by atoms with Crippen molar-refractivity contribution in [2.24, 2.45) is 5.73 Å². The van der Waals surface area contributed by atoms with Gasteiger partial charge >= 0.3 is 6.18 Å². The van der Waals surface area contributed by atoms with Gasteiger partial charge in [0.25, 0.3) is 0 Å². The average Bonchev–Trinajstić information content (AvgIpc) is 2.15. The quantitative estimate of drug-likeness (QED) is 0.813. The Balaban J connectivity index is 2.70. The van der Waals surface area contributed by atoms with Crippen LogP contribution in [0, 0.1) is 0 Å². The van der Waals surface area contributed by atoms with Gasteiger partial charge in [-0.1, -0.05) is 12.1 Å². The minimum Gasteiger partial charge on any atom is -0.324 e. The number of hydrogen-bond acceptors (Lipinski definition) is 2. The van der Waals surface area contributed by atoms with E-state index in [-0.39, 0.29) is 0 Å². The lowest BCUT2D eigenvalue weighted by atomic mass is 10.0. The maximum Gasteiger partial charge on any atom is 0.390 e. The first-order valence-electron chi connectivity index (χ1n) is 4.38. The van der Waals surface area contributed by atoms with E-state index < -0.39 is 18.6 Å². The van der Waals surface area contributed by atoms with E-state index in [1.165, 1.54) is 11.8 Å². The van der Waals surface area contributed by atoms with Crippen LogP contribution in [0.1, 0.15) is 18.0 Å². The van der Waals surface area contributed by atoms with Crippen LogP contribution in [0.25, 0.3) is 0 Å². The smallest absolute Gasteiger partial charge is 0.324 e. The molecule has 1 aromatic carbocycles. The lowest BCUT2D eigenvalue weighted by Crippen LogP contribution is -2.20. The van der Waals surface area contributed by atoms with Crippen molar-refractivity contribution in [2.45, 2.75) is 23.5 Å². The fraction of sp³-hybridized carbons (Fsp3) is 0.400. The van der Waals surface area contributed by atoms with Crippen LogP contribution in [0.4, 0.5) is 13.2 Å². The van der Waals surface area contributed by atoms with Crippen LogP contribution in [-0.4, -0.2) is 12.4 Å². The van der Waals surface area contributed by atoms with Gasteiger partial charge in [-0.3, -0.25) is 0 Å². The predicted molar refractivity (Wildman–Crippen MR) is 55.8 cm³/mol. The van der Waals surface area contributed by atoms with Gasteiger partial charge in [0.1, 0.15) is 0 Å². The van der Waals surface area contributed by atoms with Gasteiger partial charge < -0.3 is 5.73 Å². The first-order valence-corrected chi connectivity index (χ1v) is 5.61. The Morgan fingerprint density at radius 1 is 1.27 bits per heavy atom. The molecule has 0 saturated heterocycles. The summed E-state index contributed by atoms with van der Waals surface area (Å²) < 4.78 is 36.2. The van der Waals surface area contributed by atoms with Gasteiger partial charge in [0.2, 0.25) is 0 Å². The number of benzene rings is 1. The molecule has 84 valence electrons. The van der Waals surface area contributed by atoms with Crippen LogP contribution in [0.3, 0.4) is 0 Å². The number of alkyl halides is 3. The zero-order valence-electron chi connectivity index (χ0n) is 8.21. The van der Waals surface area contributed by atoms with E-state index in [4.69, 9.17) is 5.73 Å². The topological polar surface area (TPSA) is 26.0 Å². The molecule has 0 unspecified atom stereocenters. The first-order chi connectivity index (χ1) is 6.92. The molecule has 5 heteroatoms. The Bertz CT molecular complexity index is 307. The second kappa shape index (κ2) is 4.90. The molecule has 0 fully saturated rings. The monoisotopic (exact) mass is 235 g/mol. The van der Waals surface area contributed by atoms with Gasteiger partial charge in [-0.25, -0.2) is 0 Å². The standard InChI is InChI=1S/C10H12F3NS/c1-15-8-4-2-7(3-5-8)9(14)6-10(11,12)13/h2-5,9H,6,14H2,1H3/t9-/m1/s1. The molecule has 0 aromatic heterocycles. The summed E-state index contributed by atoms with van der Waals surface area (Å²) in [6.45, 7) is 0. The molecular formula is C10H12F3NS. The summed E-state index contributed by atoms with van der Waals surface area (Å²) in [6, 6.07) is 5.86. The summed E-state index contributed by atoms with van der Waals surface area (Å²) in [7, 11) is 0. The fourth-order valence-corrected chi connectivity index (χ4v) is 1.63. The minimum atomic E-state index is -4.21. The van der Waals surface area contributed by atoms with Crippen molar-refractivity contribution < 1.29 is 13.2 Å². The van der Waals surface area contributed by atoms with Crippen molar-refractivity contribution in [1.29, 1.82) is 0 Å². The van der Waals surface area contributed by atoms with Gasteiger partial charge in [-0.05, 0) is 24.0 Å². The van der Waals surface area contributed by atoms with E-state index >= 15 is 0 Å². The van der Waals surface area contributed by atoms with Crippen LogP contribution in [-0.2, 0) is 0 Å². The van der Waals surface area contributed by atoms with Gasteiger partial charge in [-0.15, -0.1) is 11.8 Å². The molecule has 0 heterocycles. The number of thioether (sulfide) groups is 1. The highest BCUT2D eigenvalue weighted by Gasteiger charge is 2.30. The maximum absolute atomic E-state index is 12.1. The van der Waals surface area contributed by atoms with Gasteiger partial charge in [0.05, 0.1) is 6.42 Å². The third-order valence-electron chi connectivity index (χ3n) is 2.00. The minimum absolute atomic E-state index is 0.519. The molecule has 0 bridgehead atoms. The summed E-state index contributed by atoms with van der Waals surface area (Å²) in [6.07, 6.45) is -3.28. The van der Waals surface area contributed by atoms with Crippen molar-refractivity contribution in [1.82, 2.24) is 0 Å². The Kier molecular flexibility index (Phi) is 4.04. The van der Waals surface area contributed by atoms with Crippen LogP contribution < -0.4 is 5.73 Å². The third kappa shape index (κ3) is 4.13. The third-order valence-corrected chi connectivity index (χ3v) is 2.74. The van der Waals surface area contributed by atoms with E-state index in [1.807, 2.05) is 6.26 Å². The normalized spacial score (nSPS) is 13.9. The van der Waals surface area contributed by atoms with Crippen LogP contribution in [0.15, 0.2) is 29.2 Å². The number of rotatable bonds is 3. The highest BCUT2D eigenvalue weighted by molar-refractivity contribution is 7.98. The maximum atomic E-state index is 12.1. The zero-order valence-corrected chi connectivity index (χ0v) is 9.03. The Labute approximate surface area is 90.9 Å². The SMILES string of the molecule is CSc1ccc([C@H](N)CC(F)(F)F)cc1. The van der Waals surface area contributed by atoms with Crippen molar-refractivity contribution in [3.63, 3.8) is 0 Å². The molecule has 0 spiro atoms. The lowest BCUT2D eigenvalue weighted by Gasteiger charge is -2.14. The Morgan fingerprint density at radius 2 is 1.80 bits per heavy atom. The number of hydrogen-bond donors (Lipinski definition) is 1. The largest absolute Gasteiger partial charge is 0.390 e. The van der Waals surface area contributed by atoms with E-state index in [0.717, 1.165) is 4.90 Å². The summed E-state index contributed by atoms with van der Waals surface area (Å²) in [5.74, 6) is 0. The molecular weight excluding hydrogens is 223 g/mol. The molecule has 0 aliphatic rings. The second-order valence-corrected chi connectivity index (χ2v) is 4.08. The molecule has 2 N–H and O–H groups in total. The van der Waals surface area contributed by atoms with Crippen LogP contribution in [0.5, 0.6) is 0 Å². The first kappa shape index (κ1) is 12.4. The fourth-order valence-electron chi connectivity index (χ4n) is 1.22. The summed E-state index contributed by atoms with van der Waals surface area (Å²) in [4.78, 5) is 1.01. The second-order valence-electron chi connectivity index (χ2n) is 3.20. The molecule has 1 atom stereocenters. The predicted octanol–water partition coefficient (Wildman–Crippen LogP) is 3.36. The van der Waals surface area contributed by atoms with Gasteiger partial charge in [0, 0.05) is 10.9 Å². The molecule has 0 saturated carbocycles. The summed E-state index contributed by atoms with van der Waals surface area (Å²) >= 11 is 1.54. The number of halogens is 3. The van der Waals surface area contributed by atoms with Crippen LogP contribution >= 0.6 is 11.8 Å². The zero-order chi connectivity index (χ0) is 11.5. The Hall–Kier alpha value is -0.680. The molecule has 0 radical (unpaired) electrons. The van der Waals surface area contributed by atoms with Crippen molar-refractivity contribution in [2.75, 3.05) is 6.26 Å². The summed E-state index contributed by atoms with van der Waals surface area (Å²) in [5.41, 5.74) is 5.96. The molecule has 1 nitrogen and oxygen atoms in total. The molecule has 15 heavy (non-hydrogen) atoms. The van der Waals surface area contributed by atoms with Crippen molar-refractivity contribution >= 4 is 11.8 Å². The molecule has 1 aromatic rings. The van der Waals surface area contributed by atoms with E-state index in [9.17, 15) is 13.2 Å². The molecule has 0 amide bonds. The van der Waals surface area contributed by atoms with Crippen molar-refractivity contribution in [3.05, 3.63) is 29.8 Å². The van der Waals surface area contributed by atoms with E-state index in [0.29, 0.717) is 5.56 Å². The lowest BCUT2D eigenvalue weighted by molar-refractivity contribution is -0.138. The van der Waals surface area contributed by atoms with Crippen LogP contribution in [0.2, 0.25) is 0 Å².